The highest BCUT2D eigenvalue weighted by Crippen LogP contribution is 2.35. The first-order valence-electron chi connectivity index (χ1n) is 9.96. The monoisotopic (exact) mass is 375 g/mol. The molecule has 29 heavy (non-hydrogen) atoms. The molecule has 4 aromatic carbocycles. The van der Waals surface area contributed by atoms with Gasteiger partial charge >= 0.3 is 0 Å². The van der Waals surface area contributed by atoms with E-state index in [4.69, 9.17) is 0 Å². The quantitative estimate of drug-likeness (QED) is 0.384. The zero-order valence-corrected chi connectivity index (χ0v) is 16.1. The molecule has 0 aliphatic heterocycles. The number of hydrogen-bond acceptors (Lipinski definition) is 2. The van der Waals surface area contributed by atoms with Gasteiger partial charge in [-0.15, -0.1) is 0 Å². The van der Waals surface area contributed by atoms with Gasteiger partial charge in [-0.3, -0.25) is 4.79 Å². The molecule has 0 atom stereocenters. The van der Waals surface area contributed by atoms with Crippen molar-refractivity contribution in [1.29, 1.82) is 0 Å². The number of nitrogens with zero attached hydrogens (tertiary/aromatic N) is 1. The van der Waals surface area contributed by atoms with Crippen molar-refractivity contribution in [2.45, 2.75) is 12.8 Å². The molecule has 2 heteroatoms. The fraction of sp³-hybridized carbons (Fsp3) is 0.0741. The lowest BCUT2D eigenvalue weighted by molar-refractivity contribution is 0.0994. The predicted octanol–water partition coefficient (Wildman–Crippen LogP) is 6.95. The Bertz CT molecular complexity index is 1110. The van der Waals surface area contributed by atoms with Crippen molar-refractivity contribution in [2.24, 2.45) is 0 Å². The number of hydrogen-bond donors (Lipinski definition) is 0. The normalized spacial score (nSPS) is 12.6. The van der Waals surface area contributed by atoms with Crippen molar-refractivity contribution in [2.75, 3.05) is 4.90 Å². The fourth-order valence-electron chi connectivity index (χ4n) is 4.04. The van der Waals surface area contributed by atoms with Gasteiger partial charge in [0.15, 0.2) is 5.78 Å². The minimum absolute atomic E-state index is 0.267. The van der Waals surface area contributed by atoms with Gasteiger partial charge in [0, 0.05) is 29.0 Å². The molecule has 0 radical (unpaired) electrons. The van der Waals surface area contributed by atoms with Crippen molar-refractivity contribution in [1.82, 2.24) is 0 Å². The van der Waals surface area contributed by atoms with Crippen LogP contribution in [0.5, 0.6) is 0 Å². The van der Waals surface area contributed by atoms with Crippen LogP contribution in [-0.4, -0.2) is 5.78 Å². The van der Waals surface area contributed by atoms with E-state index in [1.54, 1.807) is 0 Å². The van der Waals surface area contributed by atoms with Crippen LogP contribution in [0.3, 0.4) is 0 Å². The molecular formula is C27H21NO. The summed E-state index contributed by atoms with van der Waals surface area (Å²) in [4.78, 5) is 14.2. The van der Waals surface area contributed by atoms with Crippen LogP contribution >= 0.6 is 0 Å². The van der Waals surface area contributed by atoms with Crippen molar-refractivity contribution < 1.29 is 4.79 Å². The van der Waals surface area contributed by atoms with Gasteiger partial charge in [0.05, 0.1) is 0 Å². The second-order valence-electron chi connectivity index (χ2n) is 7.35. The van der Waals surface area contributed by atoms with E-state index in [9.17, 15) is 4.79 Å². The highest BCUT2D eigenvalue weighted by atomic mass is 16.1. The summed E-state index contributed by atoms with van der Waals surface area (Å²) in [5, 5.41) is 0. The molecule has 0 bridgehead atoms. The summed E-state index contributed by atoms with van der Waals surface area (Å²) < 4.78 is 0. The van der Waals surface area contributed by atoms with Crippen LogP contribution in [0.15, 0.2) is 103 Å². The van der Waals surface area contributed by atoms with Crippen molar-refractivity contribution >= 4 is 22.8 Å². The molecule has 1 aliphatic rings. The van der Waals surface area contributed by atoms with E-state index in [1.165, 1.54) is 5.56 Å². The molecule has 0 spiro atoms. The van der Waals surface area contributed by atoms with E-state index in [-0.39, 0.29) is 5.78 Å². The maximum absolute atomic E-state index is 11.9. The molecule has 5 rings (SSSR count). The van der Waals surface area contributed by atoms with E-state index in [1.807, 2.05) is 18.2 Å². The Morgan fingerprint density at radius 1 is 0.552 bits per heavy atom. The Hall–Kier alpha value is -3.65. The molecule has 140 valence electrons. The SMILES string of the molecule is O=C1CCc2cc(-c3ccc(N(c4ccccc4)c4ccccc4)cc3)ccc21. The number of ketones is 1. The van der Waals surface area contributed by atoms with Gasteiger partial charge < -0.3 is 4.90 Å². The third kappa shape index (κ3) is 3.34. The van der Waals surface area contributed by atoms with Crippen molar-refractivity contribution in [3.63, 3.8) is 0 Å². The summed E-state index contributed by atoms with van der Waals surface area (Å²) in [6.45, 7) is 0. The summed E-state index contributed by atoms with van der Waals surface area (Å²) in [6, 6.07) is 35.7. The minimum Gasteiger partial charge on any atom is -0.311 e. The Morgan fingerprint density at radius 2 is 1.10 bits per heavy atom. The molecule has 0 saturated carbocycles. The van der Waals surface area contributed by atoms with E-state index in [0.717, 1.165) is 40.2 Å². The molecule has 0 unspecified atom stereocenters. The Balaban J connectivity index is 1.52. The zero-order valence-electron chi connectivity index (χ0n) is 16.1. The number of rotatable bonds is 4. The van der Waals surface area contributed by atoms with E-state index in [2.05, 4.69) is 89.8 Å². The zero-order chi connectivity index (χ0) is 19.6. The molecule has 0 amide bonds. The van der Waals surface area contributed by atoms with Gasteiger partial charge in [-0.25, -0.2) is 0 Å². The van der Waals surface area contributed by atoms with Gasteiger partial charge in [0.2, 0.25) is 0 Å². The third-order valence-corrected chi connectivity index (χ3v) is 5.51. The van der Waals surface area contributed by atoms with E-state index < -0.39 is 0 Å². The van der Waals surface area contributed by atoms with Gasteiger partial charge in [0.1, 0.15) is 0 Å². The molecule has 1 aliphatic carbocycles. The topological polar surface area (TPSA) is 20.3 Å². The first kappa shape index (κ1) is 17.4. The summed E-state index contributed by atoms with van der Waals surface area (Å²) in [7, 11) is 0. The predicted molar refractivity (Wildman–Crippen MR) is 119 cm³/mol. The van der Waals surface area contributed by atoms with Gasteiger partial charge in [-0.2, -0.15) is 0 Å². The van der Waals surface area contributed by atoms with Crippen molar-refractivity contribution in [3.05, 3.63) is 114 Å². The van der Waals surface area contributed by atoms with Crippen molar-refractivity contribution in [3.8, 4) is 11.1 Å². The molecule has 0 fully saturated rings. The molecule has 0 N–H and O–H groups in total. The van der Waals surface area contributed by atoms with E-state index >= 15 is 0 Å². The molecule has 2 nitrogen and oxygen atoms in total. The number of aryl methyl sites for hydroxylation is 1. The highest BCUT2D eigenvalue weighted by Gasteiger charge is 2.19. The van der Waals surface area contributed by atoms with E-state index in [0.29, 0.717) is 6.42 Å². The first-order valence-corrected chi connectivity index (χ1v) is 9.96. The van der Waals surface area contributed by atoms with Crippen LogP contribution < -0.4 is 4.90 Å². The lowest BCUT2D eigenvalue weighted by Gasteiger charge is -2.25. The summed E-state index contributed by atoms with van der Waals surface area (Å²) in [5.41, 5.74) is 7.76. The van der Waals surface area contributed by atoms with Gasteiger partial charge in [0.25, 0.3) is 0 Å². The molecule has 4 aromatic rings. The number of fused-ring (bicyclic) bond motifs is 1. The molecule has 0 heterocycles. The Morgan fingerprint density at radius 3 is 1.72 bits per heavy atom. The lowest BCUT2D eigenvalue weighted by Crippen LogP contribution is -2.09. The molecule has 0 saturated heterocycles. The number of carbonyl (C=O) groups excluding carboxylic acids is 1. The van der Waals surface area contributed by atoms with Crippen LogP contribution in [0.25, 0.3) is 11.1 Å². The van der Waals surface area contributed by atoms with Crippen LogP contribution in [0.1, 0.15) is 22.3 Å². The minimum atomic E-state index is 0.267. The summed E-state index contributed by atoms with van der Waals surface area (Å²) >= 11 is 0. The van der Waals surface area contributed by atoms with Crippen LogP contribution in [-0.2, 0) is 6.42 Å². The number of Topliss-reactive ketones (excluding diaryl/α,β-unsaturated/α-hetero) is 1. The van der Waals surface area contributed by atoms with Gasteiger partial charge in [-0.05, 0) is 59.5 Å². The number of benzene rings is 4. The summed E-state index contributed by atoms with van der Waals surface area (Å²) in [6.07, 6.45) is 1.50. The maximum atomic E-state index is 11.9. The maximum Gasteiger partial charge on any atom is 0.163 e. The lowest BCUT2D eigenvalue weighted by atomic mass is 10.00. The smallest absolute Gasteiger partial charge is 0.163 e. The third-order valence-electron chi connectivity index (χ3n) is 5.51. The van der Waals surface area contributed by atoms with Crippen LogP contribution in [0, 0.1) is 0 Å². The molecular weight excluding hydrogens is 354 g/mol. The summed E-state index contributed by atoms with van der Waals surface area (Å²) in [5.74, 6) is 0.267. The average molecular weight is 375 g/mol. The second-order valence-corrected chi connectivity index (χ2v) is 7.35. The van der Waals surface area contributed by atoms with Crippen LogP contribution in [0.4, 0.5) is 17.1 Å². The number of para-hydroxylation sites is 2. The van der Waals surface area contributed by atoms with Gasteiger partial charge in [-0.1, -0.05) is 66.7 Å². The van der Waals surface area contributed by atoms with Crippen LogP contribution in [0.2, 0.25) is 0 Å². The largest absolute Gasteiger partial charge is 0.311 e. The fourth-order valence-corrected chi connectivity index (χ4v) is 4.04. The molecule has 0 aromatic heterocycles. The number of anilines is 3. The standard InChI is InChI=1S/C27H21NO/c29-27-18-14-22-19-21(13-17-26(22)27)20-11-15-25(16-12-20)28(23-7-3-1-4-8-23)24-9-5-2-6-10-24/h1-13,15-17,19H,14,18H2. The first-order chi connectivity index (χ1) is 14.3. The second kappa shape index (κ2) is 7.40. The Kier molecular flexibility index (Phi) is 4.45. The average Bonchev–Trinajstić information content (AvgIpc) is 3.16. The highest BCUT2D eigenvalue weighted by molar-refractivity contribution is 6.01. The number of carbonyl (C=O) groups is 1. The Labute approximate surface area is 171 Å².